The molecule has 378 valence electrons. The van der Waals surface area contributed by atoms with Gasteiger partial charge < -0.3 is 85.7 Å². The molecular weight excluding hydrogens is 921 g/mol. The van der Waals surface area contributed by atoms with E-state index >= 15 is 0 Å². The van der Waals surface area contributed by atoms with Crippen molar-refractivity contribution in [1.29, 1.82) is 0 Å². The minimum absolute atomic E-state index is 0.0586. The number of nitrogens with one attached hydrogen (secondary N) is 10. The maximum absolute atomic E-state index is 13.8. The molecule has 6 atom stereocenters. The van der Waals surface area contributed by atoms with Crippen LogP contribution in [0.2, 0.25) is 0 Å². The molecule has 19 N–H and O–H groups in total. The van der Waals surface area contributed by atoms with Crippen molar-refractivity contribution in [3.05, 3.63) is 29.8 Å². The lowest BCUT2D eigenvalue weighted by molar-refractivity contribution is -0.138. The first-order valence-corrected chi connectivity index (χ1v) is 21.6. The number of aliphatic imine (C=N–C) groups is 1. The van der Waals surface area contributed by atoms with Crippen LogP contribution in [-0.2, 0) is 59.2 Å². The van der Waals surface area contributed by atoms with Crippen molar-refractivity contribution in [2.24, 2.45) is 28.1 Å². The molecule has 0 aliphatic heterocycles. The minimum atomic E-state index is -1.64. The van der Waals surface area contributed by atoms with Crippen LogP contribution in [-0.4, -0.2) is 175 Å². The van der Waals surface area contributed by atoms with E-state index in [1.54, 1.807) is 13.8 Å². The summed E-state index contributed by atoms with van der Waals surface area (Å²) in [6.07, 6.45) is 0.256. The van der Waals surface area contributed by atoms with Crippen molar-refractivity contribution in [2.45, 2.75) is 69.7 Å². The quantitative estimate of drug-likeness (QED) is 0.0142. The third kappa shape index (κ3) is 23.8. The van der Waals surface area contributed by atoms with Crippen LogP contribution in [0, 0.1) is 5.92 Å². The zero-order chi connectivity index (χ0) is 51.3. The van der Waals surface area contributed by atoms with Gasteiger partial charge in [0.15, 0.2) is 5.96 Å². The van der Waals surface area contributed by atoms with Crippen LogP contribution < -0.4 is 70.4 Å². The number of hydrogen-bond acceptors (Lipinski definition) is 16. The fourth-order valence-electron chi connectivity index (χ4n) is 5.55. The van der Waals surface area contributed by atoms with E-state index in [4.69, 9.17) is 22.3 Å². The van der Waals surface area contributed by atoms with Crippen LogP contribution in [0.3, 0.4) is 0 Å². The average molecular weight is 983 g/mol. The predicted molar refractivity (Wildman–Crippen MR) is 244 cm³/mol. The second-order valence-electron chi connectivity index (χ2n) is 14.8. The number of guanidine groups is 1. The first-order chi connectivity index (χ1) is 32.1. The van der Waals surface area contributed by atoms with Gasteiger partial charge in [-0.1, -0.05) is 32.4 Å². The molecule has 1 rings (SSSR count). The van der Waals surface area contributed by atoms with Crippen molar-refractivity contribution in [2.75, 3.05) is 58.2 Å². The Labute approximate surface area is 395 Å². The monoisotopic (exact) mass is 982 g/mol. The van der Waals surface area contributed by atoms with Crippen LogP contribution in [0.5, 0.6) is 5.75 Å². The number of thiol groups is 1. The highest BCUT2D eigenvalue weighted by molar-refractivity contribution is 7.80. The van der Waals surface area contributed by atoms with Crippen molar-refractivity contribution < 1.29 is 68.1 Å². The smallest absolute Gasteiger partial charge is 0.322 e. The van der Waals surface area contributed by atoms with Crippen LogP contribution in [0.4, 0.5) is 0 Å². The first-order valence-electron chi connectivity index (χ1n) is 21.0. The van der Waals surface area contributed by atoms with E-state index < -0.39 is 140 Å². The Balaban J connectivity index is 2.97. The van der Waals surface area contributed by atoms with Crippen molar-refractivity contribution in [1.82, 2.24) is 53.2 Å². The molecule has 68 heavy (non-hydrogen) atoms. The van der Waals surface area contributed by atoms with Crippen molar-refractivity contribution in [3.63, 3.8) is 0 Å². The summed E-state index contributed by atoms with van der Waals surface area (Å²) in [5.74, 6) is -10.8. The molecule has 0 aliphatic rings. The van der Waals surface area contributed by atoms with Gasteiger partial charge in [0, 0.05) is 18.7 Å². The number of phenols is 1. The number of nitrogens with two attached hydrogens (primary N) is 3. The van der Waals surface area contributed by atoms with E-state index in [9.17, 15) is 63.0 Å². The number of benzene rings is 1. The van der Waals surface area contributed by atoms with Gasteiger partial charge in [-0.25, -0.2) is 0 Å². The normalized spacial score (nSPS) is 13.2. The van der Waals surface area contributed by atoms with Gasteiger partial charge in [0.05, 0.1) is 39.3 Å². The second-order valence-corrected chi connectivity index (χ2v) is 15.1. The Hall–Kier alpha value is -7.27. The number of amides is 10. The minimum Gasteiger partial charge on any atom is -0.508 e. The lowest BCUT2D eigenvalue weighted by atomic mass is 9.97. The Morgan fingerprint density at radius 1 is 0.632 bits per heavy atom. The topological polar surface area (TPSA) is 459 Å². The fraction of sp³-hybridized carbons (Fsp3) is 0.538. The summed E-state index contributed by atoms with van der Waals surface area (Å²) >= 11 is 3.97. The lowest BCUT2D eigenvalue weighted by Crippen LogP contribution is -2.58. The zero-order valence-electron chi connectivity index (χ0n) is 37.4. The lowest BCUT2D eigenvalue weighted by Gasteiger charge is -2.27. The standard InChI is InChI=1S/C39H62N14O14S/c1-3-20(2)33(38(67)47-16-31(60)50-25(18-54)37(66)52-23(5-4-10-43-39(41)42)34(63)48-17-32(61)62)53-36(65)24(11-21-6-8-22(55)9-7-21)49-30(59)15-45-28(57)13-44-29(58)14-46-35(64)26(19-68)51-27(56)12-40/h6-9,20,23-26,33,54-55,68H,3-5,10-19,40H2,1-2H3,(H,44,58)(H,45,57)(H,46,64)(H,47,67)(H,48,63)(H,49,59)(H,50,60)(H,51,56)(H,52,66)(H,53,65)(H,61,62)(H4,41,42,43)/t20-,23-,24-,25-,26-,33-/m0/s1. The van der Waals surface area contributed by atoms with Gasteiger partial charge in [-0.2, -0.15) is 12.6 Å². The number of aliphatic carboxylic acids is 1. The van der Waals surface area contributed by atoms with Gasteiger partial charge >= 0.3 is 5.97 Å². The second kappa shape index (κ2) is 31.6. The summed E-state index contributed by atoms with van der Waals surface area (Å²) in [6.45, 7) is -1.32. The molecule has 0 spiro atoms. The molecule has 10 amide bonds. The predicted octanol–water partition coefficient (Wildman–Crippen LogP) is -8.00. The van der Waals surface area contributed by atoms with Crippen molar-refractivity contribution in [3.8, 4) is 5.75 Å². The van der Waals surface area contributed by atoms with Crippen LogP contribution in [0.15, 0.2) is 29.3 Å². The molecule has 0 bridgehead atoms. The molecule has 29 heteroatoms. The summed E-state index contributed by atoms with van der Waals surface area (Å²) < 4.78 is 0. The molecule has 0 saturated heterocycles. The Morgan fingerprint density at radius 3 is 1.68 bits per heavy atom. The number of phenolic OH excluding ortho intramolecular Hbond substituents is 1. The Kier molecular flexibility index (Phi) is 27.3. The van der Waals surface area contributed by atoms with Gasteiger partial charge in [-0.3, -0.25) is 57.7 Å². The maximum atomic E-state index is 13.8. The molecule has 28 nitrogen and oxygen atoms in total. The average Bonchev–Trinajstić information content (AvgIpc) is 3.30. The highest BCUT2D eigenvalue weighted by atomic mass is 32.1. The van der Waals surface area contributed by atoms with Gasteiger partial charge in [-0.15, -0.1) is 0 Å². The number of aliphatic hydroxyl groups is 1. The van der Waals surface area contributed by atoms with Crippen LogP contribution >= 0.6 is 12.6 Å². The van der Waals surface area contributed by atoms with Gasteiger partial charge in [0.1, 0.15) is 42.5 Å². The summed E-state index contributed by atoms with van der Waals surface area (Å²) in [6, 6.07) is -1.09. The number of carboxylic acid groups (broad SMARTS) is 1. The zero-order valence-corrected chi connectivity index (χ0v) is 38.3. The van der Waals surface area contributed by atoms with Gasteiger partial charge in [0.25, 0.3) is 0 Å². The largest absolute Gasteiger partial charge is 0.508 e. The number of hydrogen-bond donors (Lipinski definition) is 17. The molecule has 0 heterocycles. The fourth-order valence-corrected chi connectivity index (χ4v) is 5.80. The summed E-state index contributed by atoms with van der Waals surface area (Å²) in [7, 11) is 0. The molecule has 1 aromatic rings. The molecule has 0 fully saturated rings. The number of aromatic hydroxyl groups is 1. The molecule has 0 aromatic heterocycles. The van der Waals surface area contributed by atoms with E-state index in [1.165, 1.54) is 24.3 Å². The number of carboxylic acids is 1. The molecule has 1 aromatic carbocycles. The summed E-state index contributed by atoms with van der Waals surface area (Å²) in [4.78, 5) is 142. The van der Waals surface area contributed by atoms with Crippen molar-refractivity contribution >= 4 is 83.6 Å². The van der Waals surface area contributed by atoms with E-state index in [-0.39, 0.29) is 49.8 Å². The number of nitrogens with zero attached hydrogens (tertiary/aromatic N) is 1. The van der Waals surface area contributed by atoms with Crippen LogP contribution in [0.1, 0.15) is 38.7 Å². The highest BCUT2D eigenvalue weighted by Crippen LogP contribution is 2.13. The van der Waals surface area contributed by atoms with Gasteiger partial charge in [0.2, 0.25) is 59.1 Å². The molecular formula is C39H62N14O14S. The third-order valence-electron chi connectivity index (χ3n) is 9.41. The highest BCUT2D eigenvalue weighted by Gasteiger charge is 2.32. The van der Waals surface area contributed by atoms with E-state index in [2.05, 4.69) is 70.8 Å². The molecule has 0 saturated carbocycles. The Bertz CT molecular complexity index is 1950. The van der Waals surface area contributed by atoms with E-state index in [0.717, 1.165) is 0 Å². The SMILES string of the molecule is CC[C@H](C)[C@H](NC(=O)[C@H](Cc1ccc(O)cc1)NC(=O)CNC(=O)CNC(=O)CNC(=O)[C@H](CS)NC(=O)CN)C(=O)NCC(=O)N[C@@H](CO)C(=O)N[C@@H](CCCN=C(N)N)C(=O)NCC(=O)O. The van der Waals surface area contributed by atoms with Crippen LogP contribution in [0.25, 0.3) is 0 Å². The Morgan fingerprint density at radius 2 is 1.13 bits per heavy atom. The maximum Gasteiger partial charge on any atom is 0.322 e. The molecule has 0 unspecified atom stereocenters. The van der Waals surface area contributed by atoms with E-state index in [1.807, 2.05) is 0 Å². The third-order valence-corrected chi connectivity index (χ3v) is 9.77. The first kappa shape index (κ1) is 58.7. The summed E-state index contributed by atoms with van der Waals surface area (Å²) in [5.41, 5.74) is 16.3. The molecule has 0 radical (unpaired) electrons. The number of rotatable bonds is 31. The molecule has 0 aliphatic carbocycles. The summed E-state index contributed by atoms with van der Waals surface area (Å²) in [5, 5.41) is 51.7. The number of carbonyl (C=O) groups is 11. The van der Waals surface area contributed by atoms with E-state index in [0.29, 0.717) is 12.0 Å². The van der Waals surface area contributed by atoms with Gasteiger partial charge in [-0.05, 0) is 36.5 Å². The number of aliphatic hydroxyl groups excluding tert-OH is 1. The number of carbonyl (C=O) groups excluding carboxylic acids is 10.